The third-order valence-electron chi connectivity index (χ3n) is 3.41. The van der Waals surface area contributed by atoms with Crippen molar-refractivity contribution in [2.24, 2.45) is 5.73 Å². The number of ether oxygens (including phenoxy) is 1. The van der Waals surface area contributed by atoms with Crippen LogP contribution in [0, 0.1) is 0 Å². The van der Waals surface area contributed by atoms with Gasteiger partial charge in [-0.05, 0) is 6.42 Å². The second kappa shape index (κ2) is 5.63. The van der Waals surface area contributed by atoms with Crippen molar-refractivity contribution in [2.75, 3.05) is 25.2 Å². The van der Waals surface area contributed by atoms with E-state index >= 15 is 0 Å². The number of anilines is 1. The van der Waals surface area contributed by atoms with Crippen molar-refractivity contribution < 1.29 is 4.74 Å². The van der Waals surface area contributed by atoms with Crippen molar-refractivity contribution in [1.82, 2.24) is 9.97 Å². The second-order valence-electron chi connectivity index (χ2n) is 5.05. The van der Waals surface area contributed by atoms with Gasteiger partial charge < -0.3 is 15.4 Å². The molecule has 2 rings (SSSR count). The van der Waals surface area contributed by atoms with Crippen LogP contribution in [0.15, 0.2) is 6.20 Å². The van der Waals surface area contributed by atoms with Gasteiger partial charge in [0.2, 0.25) is 0 Å². The lowest BCUT2D eigenvalue weighted by atomic mass is 10.1. The molecule has 1 aliphatic heterocycles. The smallest absolute Gasteiger partial charge is 0.131 e. The molecule has 100 valence electrons. The summed E-state index contributed by atoms with van der Waals surface area (Å²) in [6.07, 6.45) is 2.94. The number of nitrogens with two attached hydrogens (primary N) is 1. The van der Waals surface area contributed by atoms with E-state index in [1.807, 2.05) is 6.20 Å². The van der Waals surface area contributed by atoms with Gasteiger partial charge in [-0.15, -0.1) is 0 Å². The molecule has 1 unspecified atom stereocenters. The van der Waals surface area contributed by atoms with Gasteiger partial charge in [0.1, 0.15) is 5.82 Å². The number of rotatable bonds is 4. The highest BCUT2D eigenvalue weighted by Crippen LogP contribution is 2.23. The van der Waals surface area contributed by atoms with E-state index in [9.17, 15) is 0 Å². The van der Waals surface area contributed by atoms with Gasteiger partial charge in [0.15, 0.2) is 0 Å². The zero-order chi connectivity index (χ0) is 13.1. The van der Waals surface area contributed by atoms with Crippen molar-refractivity contribution >= 4 is 5.69 Å². The summed E-state index contributed by atoms with van der Waals surface area (Å²) in [5, 5.41) is 0. The van der Waals surface area contributed by atoms with Crippen LogP contribution in [-0.4, -0.2) is 36.3 Å². The first-order valence-electron chi connectivity index (χ1n) is 6.50. The normalized spacial score (nSPS) is 19.5. The Morgan fingerprint density at radius 3 is 2.89 bits per heavy atom. The molecule has 5 heteroatoms. The van der Waals surface area contributed by atoms with Crippen molar-refractivity contribution in [2.45, 2.75) is 38.8 Å². The predicted octanol–water partition coefficient (Wildman–Crippen LogP) is 1.28. The fourth-order valence-electron chi connectivity index (χ4n) is 2.17. The van der Waals surface area contributed by atoms with E-state index in [4.69, 9.17) is 10.5 Å². The lowest BCUT2D eigenvalue weighted by Gasteiger charge is -2.27. The van der Waals surface area contributed by atoms with Crippen LogP contribution in [0.4, 0.5) is 5.69 Å². The molecule has 1 fully saturated rings. The Morgan fingerprint density at radius 2 is 2.33 bits per heavy atom. The zero-order valence-electron chi connectivity index (χ0n) is 11.4. The molecule has 0 saturated carbocycles. The van der Waals surface area contributed by atoms with Gasteiger partial charge in [-0.2, -0.15) is 0 Å². The third-order valence-corrected chi connectivity index (χ3v) is 3.41. The number of hydrogen-bond acceptors (Lipinski definition) is 5. The Balaban J connectivity index is 2.26. The monoisotopic (exact) mass is 250 g/mol. The first kappa shape index (κ1) is 13.2. The van der Waals surface area contributed by atoms with Gasteiger partial charge in [-0.1, -0.05) is 13.8 Å². The molecule has 1 aromatic rings. The summed E-state index contributed by atoms with van der Waals surface area (Å²) >= 11 is 0. The van der Waals surface area contributed by atoms with E-state index in [-0.39, 0.29) is 0 Å². The summed E-state index contributed by atoms with van der Waals surface area (Å²) in [5.74, 6) is 1.18. The quantitative estimate of drug-likeness (QED) is 0.872. The highest BCUT2D eigenvalue weighted by Gasteiger charge is 2.23. The van der Waals surface area contributed by atoms with Crippen LogP contribution in [0.1, 0.15) is 37.7 Å². The van der Waals surface area contributed by atoms with Gasteiger partial charge in [-0.25, -0.2) is 9.97 Å². The van der Waals surface area contributed by atoms with E-state index in [1.54, 1.807) is 0 Å². The summed E-state index contributed by atoms with van der Waals surface area (Å²) in [4.78, 5) is 11.2. The highest BCUT2D eigenvalue weighted by atomic mass is 16.5. The van der Waals surface area contributed by atoms with Crippen LogP contribution in [0.2, 0.25) is 0 Å². The molecule has 2 heterocycles. The number of nitrogens with zero attached hydrogens (tertiary/aromatic N) is 3. The highest BCUT2D eigenvalue weighted by molar-refractivity contribution is 5.49. The zero-order valence-corrected chi connectivity index (χ0v) is 11.4. The molecule has 1 saturated heterocycles. The van der Waals surface area contributed by atoms with Crippen LogP contribution in [0.5, 0.6) is 0 Å². The maximum Gasteiger partial charge on any atom is 0.131 e. The van der Waals surface area contributed by atoms with E-state index in [0.29, 0.717) is 18.5 Å². The first-order chi connectivity index (χ1) is 8.63. The van der Waals surface area contributed by atoms with Crippen LogP contribution >= 0.6 is 0 Å². The van der Waals surface area contributed by atoms with E-state index in [1.165, 1.54) is 0 Å². The maximum atomic E-state index is 5.81. The summed E-state index contributed by atoms with van der Waals surface area (Å²) in [5.41, 5.74) is 7.75. The van der Waals surface area contributed by atoms with Crippen molar-refractivity contribution in [3.05, 3.63) is 17.7 Å². The molecule has 2 N–H and O–H groups in total. The van der Waals surface area contributed by atoms with Gasteiger partial charge in [0, 0.05) is 26.1 Å². The van der Waals surface area contributed by atoms with E-state index < -0.39 is 0 Å². The average Bonchev–Trinajstić information content (AvgIpc) is 2.90. The number of likely N-dealkylation sites (N-methyl/N-ethyl adjacent to an activating group) is 1. The summed E-state index contributed by atoms with van der Waals surface area (Å²) in [6, 6.07) is 0.406. The largest absolute Gasteiger partial charge is 0.379 e. The molecule has 1 aromatic heterocycles. The molecule has 0 radical (unpaired) electrons. The van der Waals surface area contributed by atoms with Crippen molar-refractivity contribution in [3.63, 3.8) is 0 Å². The van der Waals surface area contributed by atoms with Crippen molar-refractivity contribution in [1.29, 1.82) is 0 Å². The maximum absolute atomic E-state index is 5.81. The summed E-state index contributed by atoms with van der Waals surface area (Å²) < 4.78 is 5.42. The predicted molar refractivity (Wildman–Crippen MR) is 71.6 cm³/mol. The topological polar surface area (TPSA) is 64.3 Å². The van der Waals surface area contributed by atoms with Gasteiger partial charge >= 0.3 is 0 Å². The molecule has 0 spiro atoms. The van der Waals surface area contributed by atoms with Crippen LogP contribution in [-0.2, 0) is 11.3 Å². The summed E-state index contributed by atoms with van der Waals surface area (Å²) in [7, 11) is 2.06. The molecule has 18 heavy (non-hydrogen) atoms. The van der Waals surface area contributed by atoms with Crippen LogP contribution in [0.3, 0.4) is 0 Å². The summed E-state index contributed by atoms with van der Waals surface area (Å²) in [6.45, 7) is 6.22. The molecular formula is C13H22N4O. The molecule has 5 nitrogen and oxygen atoms in total. The lowest BCUT2D eigenvalue weighted by molar-refractivity contribution is 0.193. The average molecular weight is 250 g/mol. The molecule has 1 aliphatic rings. The van der Waals surface area contributed by atoms with E-state index in [2.05, 4.69) is 35.8 Å². The Kier molecular flexibility index (Phi) is 4.14. The third kappa shape index (κ3) is 2.62. The fraction of sp³-hybridized carbons (Fsp3) is 0.692. The van der Waals surface area contributed by atoms with Crippen LogP contribution < -0.4 is 10.6 Å². The van der Waals surface area contributed by atoms with Crippen molar-refractivity contribution in [3.8, 4) is 0 Å². The molecule has 0 amide bonds. The van der Waals surface area contributed by atoms with Gasteiger partial charge in [0.05, 0.1) is 30.2 Å². The fourth-order valence-corrected chi connectivity index (χ4v) is 2.17. The molecule has 0 bridgehead atoms. The Hall–Kier alpha value is -1.20. The molecule has 1 atom stereocenters. The number of aromatic nitrogens is 2. The lowest BCUT2D eigenvalue weighted by Crippen LogP contribution is -2.33. The molecule has 0 aromatic carbocycles. The number of hydrogen-bond donors (Lipinski definition) is 1. The minimum Gasteiger partial charge on any atom is -0.379 e. The first-order valence-corrected chi connectivity index (χ1v) is 6.50. The Morgan fingerprint density at radius 1 is 1.56 bits per heavy atom. The van der Waals surface area contributed by atoms with Gasteiger partial charge in [-0.3, -0.25) is 0 Å². The molecular weight excluding hydrogens is 228 g/mol. The Labute approximate surface area is 108 Å². The van der Waals surface area contributed by atoms with E-state index in [0.717, 1.165) is 36.8 Å². The minimum absolute atomic E-state index is 0.324. The minimum atomic E-state index is 0.324. The van der Waals surface area contributed by atoms with Gasteiger partial charge in [0.25, 0.3) is 0 Å². The SMILES string of the molecule is CC(C)c1ncc(N(C)C2CCOC2)c(CN)n1. The van der Waals surface area contributed by atoms with Crippen LogP contribution in [0.25, 0.3) is 0 Å². The standard InChI is InChI=1S/C13H22N4O/c1-9(2)13-15-7-12(11(6-14)16-13)17(3)10-4-5-18-8-10/h7,9-10H,4-6,8,14H2,1-3H3. The second-order valence-corrected chi connectivity index (χ2v) is 5.05. The molecule has 0 aliphatic carbocycles. The Bertz CT molecular complexity index is 402.